The van der Waals surface area contributed by atoms with E-state index in [1.54, 1.807) is 17.8 Å². The summed E-state index contributed by atoms with van der Waals surface area (Å²) in [5, 5.41) is 3.40. The standard InChI is InChI=1S/C17H19BrFNS/c1-2-9-20-11-13-5-3-7-15(10-13)21-12-14-6-4-8-16(19)17(14)18/h3-8,10,20H,2,9,11-12H2,1H3. The largest absolute Gasteiger partial charge is 0.313 e. The van der Waals surface area contributed by atoms with E-state index < -0.39 is 0 Å². The SMILES string of the molecule is CCCNCc1cccc(SCc2cccc(F)c2Br)c1. The lowest BCUT2D eigenvalue weighted by molar-refractivity contribution is 0.619. The van der Waals surface area contributed by atoms with Crippen molar-refractivity contribution in [3.8, 4) is 0 Å². The molecular weight excluding hydrogens is 349 g/mol. The van der Waals surface area contributed by atoms with Crippen LogP contribution in [0.5, 0.6) is 0 Å². The number of rotatable bonds is 7. The zero-order chi connectivity index (χ0) is 15.1. The number of thioether (sulfide) groups is 1. The average Bonchev–Trinajstić information content (AvgIpc) is 2.50. The first-order valence-electron chi connectivity index (χ1n) is 7.06. The molecule has 0 fully saturated rings. The van der Waals surface area contributed by atoms with E-state index in [9.17, 15) is 4.39 Å². The van der Waals surface area contributed by atoms with Crippen LogP contribution in [0.25, 0.3) is 0 Å². The highest BCUT2D eigenvalue weighted by Crippen LogP contribution is 2.28. The topological polar surface area (TPSA) is 12.0 Å². The van der Waals surface area contributed by atoms with E-state index in [2.05, 4.69) is 52.4 Å². The van der Waals surface area contributed by atoms with Crippen molar-refractivity contribution in [2.75, 3.05) is 6.54 Å². The Kier molecular flexibility index (Phi) is 6.74. The van der Waals surface area contributed by atoms with Gasteiger partial charge in [0.1, 0.15) is 5.82 Å². The Hall–Kier alpha value is -0.840. The summed E-state index contributed by atoms with van der Waals surface area (Å²) in [6, 6.07) is 13.7. The molecule has 0 aliphatic heterocycles. The summed E-state index contributed by atoms with van der Waals surface area (Å²) in [5.41, 5.74) is 2.27. The molecule has 21 heavy (non-hydrogen) atoms. The van der Waals surface area contributed by atoms with E-state index >= 15 is 0 Å². The molecule has 4 heteroatoms. The summed E-state index contributed by atoms with van der Waals surface area (Å²) in [4.78, 5) is 1.21. The summed E-state index contributed by atoms with van der Waals surface area (Å²) in [5.74, 6) is 0.551. The van der Waals surface area contributed by atoms with Crippen LogP contribution in [0.4, 0.5) is 4.39 Å². The minimum Gasteiger partial charge on any atom is -0.313 e. The van der Waals surface area contributed by atoms with Gasteiger partial charge in [0.15, 0.2) is 0 Å². The van der Waals surface area contributed by atoms with Gasteiger partial charge in [-0.1, -0.05) is 31.2 Å². The van der Waals surface area contributed by atoms with E-state index in [1.165, 1.54) is 16.5 Å². The molecule has 112 valence electrons. The maximum Gasteiger partial charge on any atom is 0.137 e. The molecule has 0 bridgehead atoms. The normalized spacial score (nSPS) is 10.8. The zero-order valence-corrected chi connectivity index (χ0v) is 14.4. The Morgan fingerprint density at radius 3 is 2.81 bits per heavy atom. The van der Waals surface area contributed by atoms with Crippen LogP contribution in [0.3, 0.4) is 0 Å². The van der Waals surface area contributed by atoms with Crippen molar-refractivity contribution in [3.63, 3.8) is 0 Å². The van der Waals surface area contributed by atoms with Crippen LogP contribution in [-0.2, 0) is 12.3 Å². The van der Waals surface area contributed by atoms with Crippen LogP contribution in [-0.4, -0.2) is 6.54 Å². The Morgan fingerprint density at radius 1 is 1.19 bits per heavy atom. The van der Waals surface area contributed by atoms with Crippen LogP contribution in [0, 0.1) is 5.82 Å². The molecular formula is C17H19BrFNS. The van der Waals surface area contributed by atoms with Gasteiger partial charge in [-0.25, -0.2) is 4.39 Å². The van der Waals surface area contributed by atoms with E-state index in [-0.39, 0.29) is 5.82 Å². The van der Waals surface area contributed by atoms with Gasteiger partial charge in [-0.3, -0.25) is 0 Å². The second-order valence-corrected chi connectivity index (χ2v) is 6.67. The van der Waals surface area contributed by atoms with E-state index in [1.807, 2.05) is 6.07 Å². The second-order valence-electron chi connectivity index (χ2n) is 4.83. The fourth-order valence-corrected chi connectivity index (χ4v) is 3.54. The minimum atomic E-state index is -0.203. The fourth-order valence-electron chi connectivity index (χ4n) is 1.98. The molecule has 0 aromatic heterocycles. The second kappa shape index (κ2) is 8.57. The Labute approximate surface area is 138 Å². The number of hydrogen-bond acceptors (Lipinski definition) is 2. The summed E-state index contributed by atoms with van der Waals surface area (Å²) < 4.78 is 14.0. The van der Waals surface area contributed by atoms with Gasteiger partial charge in [-0.05, 0) is 58.2 Å². The summed E-state index contributed by atoms with van der Waals surface area (Å²) in [6.45, 7) is 4.09. The molecule has 0 heterocycles. The van der Waals surface area contributed by atoms with E-state index in [0.717, 1.165) is 30.8 Å². The number of halogens is 2. The molecule has 0 spiro atoms. The Bertz CT molecular complexity index is 589. The molecule has 1 N–H and O–H groups in total. The molecule has 0 aliphatic rings. The fraction of sp³-hybridized carbons (Fsp3) is 0.294. The summed E-state index contributed by atoms with van der Waals surface area (Å²) in [6.07, 6.45) is 1.14. The third-order valence-corrected chi connectivity index (χ3v) is 5.01. The molecule has 2 aromatic rings. The lowest BCUT2D eigenvalue weighted by atomic mass is 10.2. The summed E-state index contributed by atoms with van der Waals surface area (Å²) >= 11 is 5.04. The lowest BCUT2D eigenvalue weighted by Gasteiger charge is -2.08. The smallest absolute Gasteiger partial charge is 0.137 e. The van der Waals surface area contributed by atoms with Gasteiger partial charge in [-0.15, -0.1) is 11.8 Å². The molecule has 1 nitrogen and oxygen atoms in total. The van der Waals surface area contributed by atoms with Crippen molar-refractivity contribution in [3.05, 3.63) is 63.9 Å². The highest BCUT2D eigenvalue weighted by Gasteiger charge is 2.06. The predicted molar refractivity (Wildman–Crippen MR) is 92.1 cm³/mol. The molecule has 0 aliphatic carbocycles. The van der Waals surface area contributed by atoms with Crippen LogP contribution in [0.1, 0.15) is 24.5 Å². The predicted octanol–water partition coefficient (Wildman–Crippen LogP) is 5.38. The van der Waals surface area contributed by atoms with Crippen molar-refractivity contribution in [1.29, 1.82) is 0 Å². The monoisotopic (exact) mass is 367 g/mol. The molecule has 0 radical (unpaired) electrons. The summed E-state index contributed by atoms with van der Waals surface area (Å²) in [7, 11) is 0. The van der Waals surface area contributed by atoms with Gasteiger partial charge >= 0.3 is 0 Å². The van der Waals surface area contributed by atoms with Crippen LogP contribution >= 0.6 is 27.7 Å². The molecule has 0 saturated heterocycles. The molecule has 2 aromatic carbocycles. The Morgan fingerprint density at radius 2 is 2.00 bits per heavy atom. The van der Waals surface area contributed by atoms with Gasteiger partial charge < -0.3 is 5.32 Å². The van der Waals surface area contributed by atoms with Gasteiger partial charge in [0.2, 0.25) is 0 Å². The third kappa shape index (κ3) is 5.13. The first-order valence-corrected chi connectivity index (χ1v) is 8.84. The molecule has 0 amide bonds. The average molecular weight is 368 g/mol. The van der Waals surface area contributed by atoms with Gasteiger partial charge in [0.25, 0.3) is 0 Å². The molecule has 0 atom stereocenters. The maximum atomic E-state index is 13.5. The number of benzene rings is 2. The maximum absolute atomic E-state index is 13.5. The van der Waals surface area contributed by atoms with Crippen LogP contribution < -0.4 is 5.32 Å². The molecule has 0 saturated carbocycles. The van der Waals surface area contributed by atoms with Crippen molar-refractivity contribution in [1.82, 2.24) is 5.32 Å². The first kappa shape index (κ1) is 16.5. The lowest BCUT2D eigenvalue weighted by Crippen LogP contribution is -2.13. The highest BCUT2D eigenvalue weighted by molar-refractivity contribution is 9.10. The van der Waals surface area contributed by atoms with Crippen molar-refractivity contribution in [2.45, 2.75) is 30.5 Å². The number of nitrogens with one attached hydrogen (secondary N) is 1. The van der Waals surface area contributed by atoms with Crippen LogP contribution in [0.2, 0.25) is 0 Å². The van der Waals surface area contributed by atoms with E-state index in [0.29, 0.717) is 4.47 Å². The molecule has 2 rings (SSSR count). The van der Waals surface area contributed by atoms with Crippen LogP contribution in [0.15, 0.2) is 51.8 Å². The van der Waals surface area contributed by atoms with Crippen molar-refractivity contribution < 1.29 is 4.39 Å². The Balaban J connectivity index is 1.96. The highest BCUT2D eigenvalue weighted by atomic mass is 79.9. The van der Waals surface area contributed by atoms with Gasteiger partial charge in [0, 0.05) is 17.2 Å². The van der Waals surface area contributed by atoms with Crippen molar-refractivity contribution in [2.24, 2.45) is 0 Å². The zero-order valence-electron chi connectivity index (χ0n) is 12.0. The quantitative estimate of drug-likeness (QED) is 0.520. The van der Waals surface area contributed by atoms with Crippen molar-refractivity contribution >= 4 is 27.7 Å². The molecule has 0 unspecified atom stereocenters. The third-order valence-electron chi connectivity index (χ3n) is 3.08. The minimum absolute atomic E-state index is 0.203. The van der Waals surface area contributed by atoms with Gasteiger partial charge in [0.05, 0.1) is 4.47 Å². The number of hydrogen-bond donors (Lipinski definition) is 1. The first-order chi connectivity index (χ1) is 10.2. The van der Waals surface area contributed by atoms with E-state index in [4.69, 9.17) is 0 Å². The van der Waals surface area contributed by atoms with Gasteiger partial charge in [-0.2, -0.15) is 0 Å².